The second-order valence-corrected chi connectivity index (χ2v) is 6.40. The SMILES string of the molecule is CN(C)CCN(Cc1cccc(C#N)c1)c1ncnc2ccc(F)cc12. The molecule has 3 aromatic rings. The lowest BCUT2D eigenvalue weighted by Gasteiger charge is -2.26. The molecule has 0 bridgehead atoms. The van der Waals surface area contributed by atoms with Crippen LogP contribution in [0.5, 0.6) is 0 Å². The highest BCUT2D eigenvalue weighted by Crippen LogP contribution is 2.25. The van der Waals surface area contributed by atoms with E-state index in [0.717, 1.165) is 12.1 Å². The summed E-state index contributed by atoms with van der Waals surface area (Å²) >= 11 is 0. The number of benzene rings is 2. The Kier molecular flexibility index (Phi) is 5.40. The van der Waals surface area contributed by atoms with Gasteiger partial charge in [-0.1, -0.05) is 12.1 Å². The second-order valence-electron chi connectivity index (χ2n) is 6.40. The predicted octanol–water partition coefficient (Wildman–Crippen LogP) is 3.21. The molecule has 3 rings (SSSR count). The zero-order chi connectivity index (χ0) is 18.5. The van der Waals surface area contributed by atoms with Gasteiger partial charge in [0, 0.05) is 25.0 Å². The highest BCUT2D eigenvalue weighted by atomic mass is 19.1. The van der Waals surface area contributed by atoms with E-state index in [1.54, 1.807) is 12.1 Å². The van der Waals surface area contributed by atoms with Crippen molar-refractivity contribution in [2.45, 2.75) is 6.54 Å². The fourth-order valence-electron chi connectivity index (χ4n) is 2.81. The molecule has 6 heteroatoms. The molecule has 0 saturated heterocycles. The summed E-state index contributed by atoms with van der Waals surface area (Å²) in [6.07, 6.45) is 1.50. The smallest absolute Gasteiger partial charge is 0.140 e. The molecule has 26 heavy (non-hydrogen) atoms. The molecule has 1 heterocycles. The standard InChI is InChI=1S/C20H20FN5/c1-25(2)8-9-26(13-16-5-3-4-15(10-16)12-22)20-18-11-17(21)6-7-19(18)23-14-24-20/h3-7,10-11,14H,8-9,13H2,1-2H3. The number of hydrogen-bond acceptors (Lipinski definition) is 5. The fraction of sp³-hybridized carbons (Fsp3) is 0.250. The van der Waals surface area contributed by atoms with Crippen molar-refractivity contribution in [1.82, 2.24) is 14.9 Å². The number of halogens is 1. The van der Waals surface area contributed by atoms with Crippen LogP contribution in [0, 0.1) is 17.1 Å². The summed E-state index contributed by atoms with van der Waals surface area (Å²) in [6.45, 7) is 2.11. The fourth-order valence-corrected chi connectivity index (χ4v) is 2.81. The number of nitriles is 1. The average Bonchev–Trinajstić information content (AvgIpc) is 2.64. The lowest BCUT2D eigenvalue weighted by atomic mass is 10.1. The van der Waals surface area contributed by atoms with Gasteiger partial charge in [-0.05, 0) is 50.0 Å². The summed E-state index contributed by atoms with van der Waals surface area (Å²) in [5.74, 6) is 0.381. The van der Waals surface area contributed by atoms with Crippen molar-refractivity contribution in [3.05, 3.63) is 65.7 Å². The normalized spacial score (nSPS) is 10.9. The quantitative estimate of drug-likeness (QED) is 0.684. The van der Waals surface area contributed by atoms with Gasteiger partial charge in [-0.3, -0.25) is 0 Å². The summed E-state index contributed by atoms with van der Waals surface area (Å²) < 4.78 is 13.8. The van der Waals surface area contributed by atoms with E-state index >= 15 is 0 Å². The van der Waals surface area contributed by atoms with Gasteiger partial charge in [-0.15, -0.1) is 0 Å². The molecule has 0 aliphatic carbocycles. The Morgan fingerprint density at radius 2 is 1.92 bits per heavy atom. The zero-order valence-corrected chi connectivity index (χ0v) is 14.9. The number of nitrogens with zero attached hydrogens (tertiary/aromatic N) is 5. The number of fused-ring (bicyclic) bond motifs is 1. The number of anilines is 1. The van der Waals surface area contributed by atoms with Gasteiger partial charge in [-0.25, -0.2) is 14.4 Å². The van der Waals surface area contributed by atoms with E-state index in [-0.39, 0.29) is 5.82 Å². The molecule has 0 spiro atoms. The maximum Gasteiger partial charge on any atom is 0.140 e. The van der Waals surface area contributed by atoms with Crippen molar-refractivity contribution in [3.63, 3.8) is 0 Å². The molecule has 0 unspecified atom stereocenters. The Hall–Kier alpha value is -3.04. The molecule has 0 atom stereocenters. The van der Waals surface area contributed by atoms with Crippen LogP contribution in [0.4, 0.5) is 10.2 Å². The van der Waals surface area contributed by atoms with Crippen molar-refractivity contribution in [3.8, 4) is 6.07 Å². The van der Waals surface area contributed by atoms with Gasteiger partial charge in [0.15, 0.2) is 0 Å². The Morgan fingerprint density at radius 3 is 2.69 bits per heavy atom. The van der Waals surface area contributed by atoms with Gasteiger partial charge >= 0.3 is 0 Å². The van der Waals surface area contributed by atoms with Gasteiger partial charge in [0.1, 0.15) is 18.0 Å². The Bertz CT molecular complexity index is 948. The minimum Gasteiger partial charge on any atom is -0.350 e. The van der Waals surface area contributed by atoms with Gasteiger partial charge in [0.2, 0.25) is 0 Å². The Labute approximate surface area is 152 Å². The van der Waals surface area contributed by atoms with Crippen molar-refractivity contribution >= 4 is 16.7 Å². The summed E-state index contributed by atoms with van der Waals surface area (Å²) in [6, 6.07) is 14.2. The molecule has 0 aliphatic rings. The minimum atomic E-state index is -0.312. The van der Waals surface area contributed by atoms with E-state index in [4.69, 9.17) is 5.26 Å². The van der Waals surface area contributed by atoms with E-state index in [2.05, 4.69) is 25.8 Å². The lowest BCUT2D eigenvalue weighted by Crippen LogP contribution is -2.32. The van der Waals surface area contributed by atoms with Gasteiger partial charge < -0.3 is 9.80 Å². The van der Waals surface area contributed by atoms with Crippen LogP contribution in [0.2, 0.25) is 0 Å². The van der Waals surface area contributed by atoms with Crippen LogP contribution in [-0.4, -0.2) is 42.1 Å². The maximum atomic E-state index is 13.8. The molecule has 5 nitrogen and oxygen atoms in total. The van der Waals surface area contributed by atoms with Crippen LogP contribution in [0.1, 0.15) is 11.1 Å². The first-order valence-corrected chi connectivity index (χ1v) is 8.36. The molecule has 2 aromatic carbocycles. The highest BCUT2D eigenvalue weighted by Gasteiger charge is 2.14. The largest absolute Gasteiger partial charge is 0.350 e. The van der Waals surface area contributed by atoms with Crippen LogP contribution in [0.3, 0.4) is 0 Å². The summed E-state index contributed by atoms with van der Waals surface area (Å²) in [5.41, 5.74) is 2.33. The predicted molar refractivity (Wildman–Crippen MR) is 100 cm³/mol. The molecule has 0 radical (unpaired) electrons. The third kappa shape index (κ3) is 4.13. The third-order valence-electron chi connectivity index (χ3n) is 4.12. The van der Waals surface area contributed by atoms with Crippen molar-refractivity contribution in [1.29, 1.82) is 5.26 Å². The van der Waals surface area contributed by atoms with Gasteiger partial charge in [0.05, 0.1) is 17.1 Å². The van der Waals surface area contributed by atoms with E-state index in [0.29, 0.717) is 35.4 Å². The number of rotatable bonds is 6. The first kappa shape index (κ1) is 17.8. The van der Waals surface area contributed by atoms with Crippen LogP contribution >= 0.6 is 0 Å². The van der Waals surface area contributed by atoms with E-state index in [9.17, 15) is 4.39 Å². The first-order valence-electron chi connectivity index (χ1n) is 8.36. The molecule has 0 fully saturated rings. The van der Waals surface area contributed by atoms with Crippen LogP contribution < -0.4 is 4.90 Å². The molecule has 0 N–H and O–H groups in total. The Morgan fingerprint density at radius 1 is 1.08 bits per heavy atom. The summed E-state index contributed by atoms with van der Waals surface area (Å²) in [5, 5.41) is 9.81. The molecular weight excluding hydrogens is 329 g/mol. The van der Waals surface area contributed by atoms with Gasteiger partial charge in [0.25, 0.3) is 0 Å². The molecule has 1 aromatic heterocycles. The van der Waals surface area contributed by atoms with Crippen LogP contribution in [0.15, 0.2) is 48.8 Å². The van der Waals surface area contributed by atoms with E-state index < -0.39 is 0 Å². The lowest BCUT2D eigenvalue weighted by molar-refractivity contribution is 0.412. The average molecular weight is 349 g/mol. The summed E-state index contributed by atoms with van der Waals surface area (Å²) in [4.78, 5) is 12.8. The zero-order valence-electron chi connectivity index (χ0n) is 14.9. The maximum absolute atomic E-state index is 13.8. The monoisotopic (exact) mass is 349 g/mol. The van der Waals surface area contributed by atoms with Crippen LogP contribution in [-0.2, 0) is 6.54 Å². The van der Waals surface area contributed by atoms with Crippen molar-refractivity contribution in [2.24, 2.45) is 0 Å². The topological polar surface area (TPSA) is 56.0 Å². The molecule has 132 valence electrons. The molecule has 0 saturated carbocycles. The molecule has 0 aliphatic heterocycles. The Balaban J connectivity index is 2.01. The first-order chi connectivity index (χ1) is 12.6. The van der Waals surface area contributed by atoms with Crippen molar-refractivity contribution in [2.75, 3.05) is 32.1 Å². The minimum absolute atomic E-state index is 0.312. The third-order valence-corrected chi connectivity index (χ3v) is 4.12. The number of aromatic nitrogens is 2. The summed E-state index contributed by atoms with van der Waals surface area (Å²) in [7, 11) is 4.01. The van der Waals surface area contributed by atoms with Crippen LogP contribution in [0.25, 0.3) is 10.9 Å². The molecule has 0 amide bonds. The van der Waals surface area contributed by atoms with Gasteiger partial charge in [-0.2, -0.15) is 5.26 Å². The van der Waals surface area contributed by atoms with E-state index in [1.807, 2.05) is 32.3 Å². The van der Waals surface area contributed by atoms with E-state index in [1.165, 1.54) is 18.5 Å². The highest BCUT2D eigenvalue weighted by molar-refractivity contribution is 5.89. The number of likely N-dealkylation sites (N-methyl/N-ethyl adjacent to an activating group) is 1. The van der Waals surface area contributed by atoms with Crippen molar-refractivity contribution < 1.29 is 4.39 Å². The molecular formula is C20H20FN5. The number of hydrogen-bond donors (Lipinski definition) is 0. The second kappa shape index (κ2) is 7.89.